The van der Waals surface area contributed by atoms with Crippen LogP contribution in [0.4, 0.5) is 22.0 Å². The van der Waals surface area contributed by atoms with E-state index in [1.54, 1.807) is 13.0 Å². The standard InChI is InChI=1S/C27H36F5N9O2/c1-15(2)41-38-24(37-39-41)25(43)36-23(18-7-10-26(28,29)11-8-18)19-14-40(33-4)20(34-19)13-16(3)22(17-5-6-17)35-21(42)9-12-27(30,31)32/h13-15,17-18,22-23H,4-12H2,1-3H3,(H,35,42)(H,36,43)/b16-13+/t22-,23-/m0/s1. The van der Waals surface area contributed by atoms with Gasteiger partial charge in [-0.3, -0.25) is 9.59 Å². The molecule has 11 nitrogen and oxygen atoms in total. The Balaban J connectivity index is 1.59. The van der Waals surface area contributed by atoms with Crippen LogP contribution in [-0.2, 0) is 4.79 Å². The fourth-order valence-electron chi connectivity index (χ4n) is 5.16. The van der Waals surface area contributed by atoms with Crippen LogP contribution in [0.15, 0.2) is 16.9 Å². The number of rotatable bonds is 12. The van der Waals surface area contributed by atoms with Crippen molar-refractivity contribution in [3.05, 3.63) is 29.1 Å². The molecule has 0 radical (unpaired) electrons. The van der Waals surface area contributed by atoms with Gasteiger partial charge in [0, 0.05) is 26.0 Å². The minimum Gasteiger partial charge on any atom is -0.349 e. The second-order valence-corrected chi connectivity index (χ2v) is 11.6. The highest BCUT2D eigenvalue weighted by atomic mass is 19.4. The van der Waals surface area contributed by atoms with E-state index in [0.717, 1.165) is 12.8 Å². The maximum absolute atomic E-state index is 14.0. The Morgan fingerprint density at radius 1 is 1.16 bits per heavy atom. The maximum atomic E-state index is 14.0. The minimum absolute atomic E-state index is 0.0772. The Bertz CT molecular complexity index is 1340. The van der Waals surface area contributed by atoms with E-state index in [4.69, 9.17) is 0 Å². The van der Waals surface area contributed by atoms with E-state index >= 15 is 0 Å². The molecule has 0 aromatic carbocycles. The van der Waals surface area contributed by atoms with Gasteiger partial charge in [0.05, 0.1) is 36.4 Å². The molecular weight excluding hydrogens is 577 g/mol. The number of hydrogen-bond donors (Lipinski definition) is 2. The molecule has 16 heteroatoms. The van der Waals surface area contributed by atoms with E-state index in [2.05, 4.69) is 42.8 Å². The molecule has 2 saturated carbocycles. The first kappa shape index (κ1) is 32.2. The van der Waals surface area contributed by atoms with Gasteiger partial charge < -0.3 is 10.6 Å². The van der Waals surface area contributed by atoms with Crippen molar-refractivity contribution < 1.29 is 31.5 Å². The summed E-state index contributed by atoms with van der Waals surface area (Å²) in [6.45, 7) is 8.95. The Labute approximate surface area is 245 Å². The molecule has 2 heterocycles. The van der Waals surface area contributed by atoms with Gasteiger partial charge in [0.1, 0.15) is 0 Å². The summed E-state index contributed by atoms with van der Waals surface area (Å²) in [4.78, 5) is 31.4. The number of tetrazole rings is 1. The van der Waals surface area contributed by atoms with Crippen molar-refractivity contribution in [1.82, 2.24) is 40.5 Å². The van der Waals surface area contributed by atoms with E-state index in [9.17, 15) is 31.5 Å². The third kappa shape index (κ3) is 8.66. The number of alkyl halides is 5. The van der Waals surface area contributed by atoms with Crippen LogP contribution >= 0.6 is 0 Å². The minimum atomic E-state index is -4.44. The number of nitrogens with one attached hydrogen (secondary N) is 2. The molecule has 0 bridgehead atoms. The lowest BCUT2D eigenvalue weighted by Crippen LogP contribution is -2.38. The van der Waals surface area contributed by atoms with Crippen LogP contribution in [0.5, 0.6) is 0 Å². The summed E-state index contributed by atoms with van der Waals surface area (Å²) in [5.74, 6) is -4.31. The number of nitrogens with zero attached hydrogens (tertiary/aromatic N) is 7. The molecule has 2 aliphatic rings. The van der Waals surface area contributed by atoms with Gasteiger partial charge in [0.25, 0.3) is 11.7 Å². The van der Waals surface area contributed by atoms with Crippen molar-refractivity contribution in [2.75, 3.05) is 0 Å². The molecule has 2 atom stereocenters. The summed E-state index contributed by atoms with van der Waals surface area (Å²) in [5, 5.41) is 21.3. The van der Waals surface area contributed by atoms with Crippen LogP contribution in [0.25, 0.3) is 6.08 Å². The predicted octanol–water partition coefficient (Wildman–Crippen LogP) is 4.85. The normalized spacial score (nSPS) is 19.2. The fraction of sp³-hybridized carbons (Fsp3) is 0.667. The monoisotopic (exact) mass is 613 g/mol. The quantitative estimate of drug-likeness (QED) is 0.260. The van der Waals surface area contributed by atoms with E-state index in [0.29, 0.717) is 17.1 Å². The van der Waals surface area contributed by atoms with Gasteiger partial charge in [-0.25, -0.2) is 18.4 Å². The van der Waals surface area contributed by atoms with Crippen molar-refractivity contribution in [3.8, 4) is 0 Å². The summed E-state index contributed by atoms with van der Waals surface area (Å²) in [6, 6.07) is -1.41. The SMILES string of the molecule is C=Nn1cc([C@@H](NC(=O)c2nnn(C(C)C)n2)C2CCC(F)(F)CC2)nc1/C=C(\C)[C@H](NC(=O)CCC(F)(F)F)C1CC1. The average molecular weight is 614 g/mol. The second kappa shape index (κ2) is 12.9. The van der Waals surface area contributed by atoms with Crippen LogP contribution in [0.2, 0.25) is 0 Å². The Kier molecular flexibility index (Phi) is 9.64. The molecule has 0 unspecified atom stereocenters. The Morgan fingerprint density at radius 3 is 2.40 bits per heavy atom. The van der Waals surface area contributed by atoms with Crippen molar-refractivity contribution in [2.45, 2.75) is 102 Å². The zero-order chi connectivity index (χ0) is 31.5. The summed E-state index contributed by atoms with van der Waals surface area (Å²) in [7, 11) is 0. The molecule has 236 valence electrons. The van der Waals surface area contributed by atoms with Crippen LogP contribution < -0.4 is 10.6 Å². The molecule has 2 aromatic rings. The molecule has 2 N–H and O–H groups in total. The van der Waals surface area contributed by atoms with E-state index < -0.39 is 48.8 Å². The molecule has 0 aliphatic heterocycles. The molecule has 2 fully saturated rings. The fourth-order valence-corrected chi connectivity index (χ4v) is 5.16. The predicted molar refractivity (Wildman–Crippen MR) is 146 cm³/mol. The maximum Gasteiger partial charge on any atom is 0.389 e. The molecule has 0 spiro atoms. The molecule has 2 amide bonds. The molecule has 2 aliphatic carbocycles. The number of carbonyl (C=O) groups is 2. The Hall–Kier alpha value is -3.72. The number of imidazole rings is 1. The third-order valence-corrected chi connectivity index (χ3v) is 7.71. The highest BCUT2D eigenvalue weighted by Gasteiger charge is 2.40. The van der Waals surface area contributed by atoms with Gasteiger partial charge >= 0.3 is 6.18 Å². The van der Waals surface area contributed by atoms with Crippen LogP contribution in [0.1, 0.15) is 106 Å². The van der Waals surface area contributed by atoms with Crippen LogP contribution in [0, 0.1) is 11.8 Å². The first-order chi connectivity index (χ1) is 20.2. The zero-order valence-electron chi connectivity index (χ0n) is 24.2. The van der Waals surface area contributed by atoms with Gasteiger partial charge in [0.15, 0.2) is 5.82 Å². The number of hydrogen-bond acceptors (Lipinski definition) is 7. The number of halogens is 5. The van der Waals surface area contributed by atoms with Crippen molar-refractivity contribution in [3.63, 3.8) is 0 Å². The van der Waals surface area contributed by atoms with Gasteiger partial charge in [0.2, 0.25) is 11.8 Å². The lowest BCUT2D eigenvalue weighted by Gasteiger charge is -2.33. The lowest BCUT2D eigenvalue weighted by molar-refractivity contribution is -0.144. The average Bonchev–Trinajstić information content (AvgIpc) is 3.49. The Morgan fingerprint density at radius 2 is 1.84 bits per heavy atom. The van der Waals surface area contributed by atoms with Crippen molar-refractivity contribution in [2.24, 2.45) is 16.9 Å². The number of carbonyl (C=O) groups excluding carboxylic acids is 2. The van der Waals surface area contributed by atoms with Crippen LogP contribution in [-0.4, -0.2) is 66.5 Å². The summed E-state index contributed by atoms with van der Waals surface area (Å²) < 4.78 is 67.2. The largest absolute Gasteiger partial charge is 0.389 e. The first-order valence-electron chi connectivity index (χ1n) is 14.2. The lowest BCUT2D eigenvalue weighted by atomic mass is 9.81. The highest BCUT2D eigenvalue weighted by molar-refractivity contribution is 5.90. The van der Waals surface area contributed by atoms with Gasteiger partial charge in [-0.1, -0.05) is 0 Å². The van der Waals surface area contributed by atoms with Gasteiger partial charge in [-0.05, 0) is 75.2 Å². The van der Waals surface area contributed by atoms with Crippen LogP contribution in [0.3, 0.4) is 0 Å². The zero-order valence-corrected chi connectivity index (χ0v) is 24.2. The third-order valence-electron chi connectivity index (χ3n) is 7.71. The molecule has 2 aromatic heterocycles. The highest BCUT2D eigenvalue weighted by Crippen LogP contribution is 2.41. The second-order valence-electron chi connectivity index (χ2n) is 11.6. The number of amides is 2. The molecular formula is C27H36F5N9O2. The molecule has 0 saturated heterocycles. The number of aromatic nitrogens is 6. The van der Waals surface area contributed by atoms with E-state index in [1.165, 1.54) is 15.7 Å². The first-order valence-corrected chi connectivity index (χ1v) is 14.2. The van der Waals surface area contributed by atoms with Crippen molar-refractivity contribution >= 4 is 24.6 Å². The van der Waals surface area contributed by atoms with Crippen molar-refractivity contribution in [1.29, 1.82) is 0 Å². The topological polar surface area (TPSA) is 132 Å². The molecule has 4 rings (SSSR count). The van der Waals surface area contributed by atoms with Gasteiger partial charge in [-0.2, -0.15) is 23.1 Å². The van der Waals surface area contributed by atoms with E-state index in [1.807, 2.05) is 13.8 Å². The summed E-state index contributed by atoms with van der Waals surface area (Å²) in [5.41, 5.74) is 1.00. The van der Waals surface area contributed by atoms with E-state index in [-0.39, 0.29) is 49.4 Å². The molecule has 43 heavy (non-hydrogen) atoms. The smallest absolute Gasteiger partial charge is 0.349 e. The van der Waals surface area contributed by atoms with Gasteiger partial charge in [-0.15, -0.1) is 10.2 Å². The summed E-state index contributed by atoms with van der Waals surface area (Å²) in [6.07, 6.45) is -1.92. The summed E-state index contributed by atoms with van der Waals surface area (Å²) >= 11 is 0.